The molecular weight excluding hydrogens is 484 g/mol. The lowest BCUT2D eigenvalue weighted by atomic mass is 9.39. The van der Waals surface area contributed by atoms with Gasteiger partial charge in [0.15, 0.2) is 0 Å². The molecule has 2 N–H and O–H groups in total. The lowest BCUT2D eigenvalue weighted by Crippen LogP contribution is -2.78. The van der Waals surface area contributed by atoms with Gasteiger partial charge in [-0.05, 0) is 75.5 Å². The Morgan fingerprint density at radius 3 is 2.33 bits per heavy atom. The number of carbonyl (C=O) groups excluding carboxylic acids is 2. The van der Waals surface area contributed by atoms with E-state index >= 15 is 0 Å². The molecule has 188 valence electrons. The van der Waals surface area contributed by atoms with Crippen molar-refractivity contribution in [1.82, 2.24) is 10.6 Å². The van der Waals surface area contributed by atoms with Crippen molar-refractivity contribution in [3.05, 3.63) is 0 Å². The molecule has 0 heterocycles. The number of amides is 2. The van der Waals surface area contributed by atoms with Crippen molar-refractivity contribution in [3.8, 4) is 0 Å². The van der Waals surface area contributed by atoms with E-state index in [1.807, 2.05) is 0 Å². The lowest BCUT2D eigenvalue weighted by Gasteiger charge is -2.69. The van der Waals surface area contributed by atoms with E-state index in [1.54, 1.807) is 0 Å². The first kappa shape index (κ1) is 25.4. The zero-order chi connectivity index (χ0) is 23.9. The molecule has 0 aromatic rings. The molecule has 5 fully saturated rings. The predicted octanol–water partition coefficient (Wildman–Crippen LogP) is 4.47. The number of hydrogen-bond acceptors (Lipinski definition) is 4. The molecule has 5 saturated carbocycles. The number of alkyl halides is 5. The molecule has 0 radical (unpaired) electrons. The Labute approximate surface area is 200 Å². The zero-order valence-corrected chi connectivity index (χ0v) is 20.0. The monoisotopic (exact) mass is 514 g/mol. The van der Waals surface area contributed by atoms with Crippen LogP contribution in [0.15, 0.2) is 0 Å². The first-order valence-electron chi connectivity index (χ1n) is 11.7. The van der Waals surface area contributed by atoms with E-state index in [0.29, 0.717) is 64.3 Å². The first-order valence-corrected chi connectivity index (χ1v) is 13.0. The van der Waals surface area contributed by atoms with Crippen LogP contribution in [0.4, 0.5) is 17.6 Å². The summed E-state index contributed by atoms with van der Waals surface area (Å²) in [6.45, 7) is 0.373. The van der Waals surface area contributed by atoms with Gasteiger partial charge in [-0.15, -0.1) is 11.6 Å². The van der Waals surface area contributed by atoms with Crippen LogP contribution in [0.2, 0.25) is 0 Å². The van der Waals surface area contributed by atoms with Gasteiger partial charge >= 0.3 is 5.51 Å². The normalized spacial score (nSPS) is 40.3. The second-order valence-corrected chi connectivity index (χ2v) is 12.3. The van der Waals surface area contributed by atoms with E-state index < -0.39 is 22.5 Å². The van der Waals surface area contributed by atoms with Gasteiger partial charge < -0.3 is 15.4 Å². The van der Waals surface area contributed by atoms with Crippen molar-refractivity contribution in [2.75, 3.05) is 13.2 Å². The predicted molar refractivity (Wildman–Crippen MR) is 118 cm³/mol. The van der Waals surface area contributed by atoms with Crippen molar-refractivity contribution in [2.24, 2.45) is 11.3 Å². The van der Waals surface area contributed by atoms with Crippen LogP contribution in [0.5, 0.6) is 0 Å². The molecule has 3 atom stereocenters. The summed E-state index contributed by atoms with van der Waals surface area (Å²) in [4.78, 5) is 24.9. The third-order valence-corrected chi connectivity index (χ3v) is 9.22. The lowest BCUT2D eigenvalue weighted by molar-refractivity contribution is -0.185. The van der Waals surface area contributed by atoms with Crippen LogP contribution in [-0.2, 0) is 14.3 Å². The van der Waals surface area contributed by atoms with Crippen molar-refractivity contribution in [2.45, 2.75) is 98.2 Å². The Balaban J connectivity index is 1.10. The Kier molecular flexibility index (Phi) is 7.47. The van der Waals surface area contributed by atoms with Crippen LogP contribution in [0.1, 0.15) is 64.2 Å². The van der Waals surface area contributed by atoms with Crippen LogP contribution in [0.25, 0.3) is 0 Å². The molecule has 11 heteroatoms. The fourth-order valence-electron chi connectivity index (χ4n) is 5.95. The van der Waals surface area contributed by atoms with Crippen LogP contribution in [-0.4, -0.2) is 58.9 Å². The van der Waals surface area contributed by atoms with Crippen molar-refractivity contribution in [1.29, 1.82) is 0 Å². The summed E-state index contributed by atoms with van der Waals surface area (Å²) in [5.74, 6) is -0.0518. The minimum atomic E-state index is -4.19. The van der Waals surface area contributed by atoms with Crippen LogP contribution >= 0.6 is 23.4 Å². The Hall–Kier alpha value is -0.740. The van der Waals surface area contributed by atoms with Crippen molar-refractivity contribution >= 4 is 35.2 Å². The molecule has 0 saturated heterocycles. The van der Waals surface area contributed by atoms with E-state index in [-0.39, 0.29) is 59.4 Å². The van der Waals surface area contributed by atoms with Gasteiger partial charge in [0, 0.05) is 23.8 Å². The standard InChI is InChI=1S/C22H31ClF4N2O3S/c23-16-6-3-14(7-17(16)24)32-9-18(30)29-21-10-20(11-21,12-21)19(31)28-8-13-1-4-15(5-2-13)33-22(25,26)27/h13-17H,1-12H2,(H,28,31)(H,29,30). The summed E-state index contributed by atoms with van der Waals surface area (Å²) in [6, 6.07) is 0. The topological polar surface area (TPSA) is 67.4 Å². The Bertz CT molecular complexity index is 728. The minimum absolute atomic E-state index is 0.0199. The number of hydrogen-bond donors (Lipinski definition) is 2. The number of rotatable bonds is 8. The summed E-state index contributed by atoms with van der Waals surface area (Å²) >= 11 is 5.96. The Morgan fingerprint density at radius 2 is 1.73 bits per heavy atom. The smallest absolute Gasteiger partial charge is 0.368 e. The zero-order valence-electron chi connectivity index (χ0n) is 18.4. The van der Waals surface area contributed by atoms with Crippen LogP contribution in [0, 0.1) is 11.3 Å². The van der Waals surface area contributed by atoms with Gasteiger partial charge in [0.2, 0.25) is 11.8 Å². The van der Waals surface area contributed by atoms with Gasteiger partial charge in [0.05, 0.1) is 16.9 Å². The Morgan fingerprint density at radius 1 is 1.06 bits per heavy atom. The van der Waals surface area contributed by atoms with Crippen molar-refractivity contribution < 1.29 is 31.9 Å². The molecular formula is C22H31ClF4N2O3S. The molecule has 2 amide bonds. The minimum Gasteiger partial charge on any atom is -0.368 e. The second-order valence-electron chi connectivity index (χ2n) is 10.3. The van der Waals surface area contributed by atoms with E-state index in [0.717, 1.165) is 0 Å². The molecule has 5 aliphatic rings. The fraction of sp³-hybridized carbons (Fsp3) is 0.909. The highest BCUT2D eigenvalue weighted by Gasteiger charge is 2.72. The highest BCUT2D eigenvalue weighted by atomic mass is 35.5. The van der Waals surface area contributed by atoms with Gasteiger partial charge in [0.1, 0.15) is 12.8 Å². The molecule has 0 aromatic carbocycles. The molecule has 5 nitrogen and oxygen atoms in total. The SMILES string of the molecule is O=C(COC1CCC(Cl)C(F)C1)NC12CC(C(=O)NCC3CCC(SC(F)(F)F)CC3)(C1)C2. The number of ether oxygens (including phenoxy) is 1. The summed E-state index contributed by atoms with van der Waals surface area (Å²) < 4.78 is 56.7. The van der Waals surface area contributed by atoms with Crippen LogP contribution < -0.4 is 10.6 Å². The largest absolute Gasteiger partial charge is 0.442 e. The molecule has 0 aromatic heterocycles. The number of nitrogens with one attached hydrogen (secondary N) is 2. The average Bonchev–Trinajstić information content (AvgIpc) is 2.68. The van der Waals surface area contributed by atoms with E-state index in [2.05, 4.69) is 10.6 Å². The van der Waals surface area contributed by atoms with Gasteiger partial charge in [-0.3, -0.25) is 9.59 Å². The summed E-state index contributed by atoms with van der Waals surface area (Å²) in [7, 11) is 0. The molecule has 2 bridgehead atoms. The molecule has 0 aliphatic heterocycles. The quantitative estimate of drug-likeness (QED) is 0.370. The maximum atomic E-state index is 13.7. The number of carbonyl (C=O) groups is 2. The average molecular weight is 515 g/mol. The van der Waals surface area contributed by atoms with E-state index in [9.17, 15) is 27.2 Å². The third kappa shape index (κ3) is 6.10. The van der Waals surface area contributed by atoms with E-state index in [1.165, 1.54) is 0 Å². The highest BCUT2D eigenvalue weighted by Crippen LogP contribution is 2.67. The van der Waals surface area contributed by atoms with E-state index in [4.69, 9.17) is 16.3 Å². The van der Waals surface area contributed by atoms with Gasteiger partial charge in [-0.2, -0.15) is 13.2 Å². The maximum Gasteiger partial charge on any atom is 0.442 e. The molecule has 5 aliphatic carbocycles. The summed E-state index contributed by atoms with van der Waals surface area (Å²) in [6.07, 6.45) is 4.17. The maximum absolute atomic E-state index is 13.7. The molecule has 0 spiro atoms. The number of halogens is 5. The highest BCUT2D eigenvalue weighted by molar-refractivity contribution is 8.00. The van der Waals surface area contributed by atoms with Gasteiger partial charge in [0.25, 0.3) is 0 Å². The third-order valence-electron chi connectivity index (χ3n) is 7.66. The van der Waals surface area contributed by atoms with Crippen molar-refractivity contribution in [3.63, 3.8) is 0 Å². The molecule has 33 heavy (non-hydrogen) atoms. The molecule has 5 rings (SSSR count). The molecule has 3 unspecified atom stereocenters. The second kappa shape index (κ2) is 9.72. The van der Waals surface area contributed by atoms with Gasteiger partial charge in [-0.1, -0.05) is 0 Å². The van der Waals surface area contributed by atoms with Crippen LogP contribution in [0.3, 0.4) is 0 Å². The number of thioether (sulfide) groups is 1. The summed E-state index contributed by atoms with van der Waals surface area (Å²) in [5.41, 5.74) is -4.96. The first-order chi connectivity index (χ1) is 15.5. The van der Waals surface area contributed by atoms with Gasteiger partial charge in [-0.25, -0.2) is 4.39 Å². The summed E-state index contributed by atoms with van der Waals surface area (Å²) in [5, 5.41) is 5.10. The fourth-order valence-corrected chi connectivity index (χ4v) is 7.06.